The van der Waals surface area contributed by atoms with Crippen LogP contribution in [0.3, 0.4) is 0 Å². The van der Waals surface area contributed by atoms with Gasteiger partial charge in [0.25, 0.3) is 5.91 Å². The fourth-order valence-corrected chi connectivity index (χ4v) is 3.49. The largest absolute Gasteiger partial charge is 0.381 e. The predicted molar refractivity (Wildman–Crippen MR) is 88.2 cm³/mol. The molecule has 1 fully saturated rings. The zero-order valence-electron chi connectivity index (χ0n) is 12.9. The van der Waals surface area contributed by atoms with E-state index in [1.807, 2.05) is 23.6 Å². The number of benzene rings is 1. The molecule has 2 aromatic rings. The van der Waals surface area contributed by atoms with Gasteiger partial charge in [0.05, 0.1) is 0 Å². The summed E-state index contributed by atoms with van der Waals surface area (Å²) in [5.74, 6) is -0.0968. The molecule has 0 spiro atoms. The summed E-state index contributed by atoms with van der Waals surface area (Å²) in [6.45, 7) is 5.52. The van der Waals surface area contributed by atoms with E-state index in [-0.39, 0.29) is 11.4 Å². The molecule has 1 amide bonds. The van der Waals surface area contributed by atoms with Crippen molar-refractivity contribution < 1.29 is 9.53 Å². The van der Waals surface area contributed by atoms with Crippen molar-refractivity contribution in [1.29, 1.82) is 0 Å². The third-order valence-corrected chi connectivity index (χ3v) is 5.00. The molecule has 5 heteroatoms. The van der Waals surface area contributed by atoms with Crippen molar-refractivity contribution in [1.82, 2.24) is 10.3 Å². The van der Waals surface area contributed by atoms with Gasteiger partial charge in [0, 0.05) is 29.7 Å². The molecule has 1 aromatic carbocycles. The highest BCUT2D eigenvalue weighted by Crippen LogP contribution is 2.27. The van der Waals surface area contributed by atoms with Gasteiger partial charge in [0.15, 0.2) is 0 Å². The Morgan fingerprint density at radius 3 is 2.77 bits per heavy atom. The Balaban J connectivity index is 1.76. The van der Waals surface area contributed by atoms with Gasteiger partial charge in [0.1, 0.15) is 10.7 Å². The molecule has 1 aromatic heterocycles. The number of hydrogen-bond donors (Lipinski definition) is 1. The van der Waals surface area contributed by atoms with Gasteiger partial charge in [-0.1, -0.05) is 24.3 Å². The summed E-state index contributed by atoms with van der Waals surface area (Å²) in [6.07, 6.45) is 1.68. The molecule has 1 aliphatic rings. The number of carbonyl (C=O) groups excluding carboxylic acids is 1. The monoisotopic (exact) mass is 316 g/mol. The van der Waals surface area contributed by atoms with Crippen LogP contribution in [0, 0.1) is 6.92 Å². The van der Waals surface area contributed by atoms with E-state index in [1.54, 1.807) is 0 Å². The summed E-state index contributed by atoms with van der Waals surface area (Å²) in [7, 11) is 0. The van der Waals surface area contributed by atoms with Gasteiger partial charge in [-0.2, -0.15) is 0 Å². The molecular formula is C17H20N2O2S. The normalized spacial score (nSPS) is 17.2. The highest BCUT2D eigenvalue weighted by atomic mass is 32.1. The maximum absolute atomic E-state index is 12.4. The SMILES string of the molecule is Cc1ccccc1-c1nc(C(=O)NC2(C)CCOCC2)cs1. The number of carbonyl (C=O) groups is 1. The Bertz CT molecular complexity index is 675. The summed E-state index contributed by atoms with van der Waals surface area (Å²) in [4.78, 5) is 17.0. The number of nitrogens with zero attached hydrogens (tertiary/aromatic N) is 1. The van der Waals surface area contributed by atoms with Crippen molar-refractivity contribution in [2.45, 2.75) is 32.2 Å². The van der Waals surface area contributed by atoms with Crippen LogP contribution in [0.25, 0.3) is 10.6 Å². The first-order chi connectivity index (χ1) is 10.6. The third kappa shape index (κ3) is 3.20. The zero-order chi connectivity index (χ0) is 15.6. The minimum atomic E-state index is -0.193. The number of aryl methyl sites for hydroxylation is 1. The number of aromatic nitrogens is 1. The van der Waals surface area contributed by atoms with E-state index in [4.69, 9.17) is 4.74 Å². The predicted octanol–water partition coefficient (Wildman–Crippen LogP) is 3.42. The second kappa shape index (κ2) is 6.18. The van der Waals surface area contributed by atoms with Crippen LogP contribution in [0.5, 0.6) is 0 Å². The summed E-state index contributed by atoms with van der Waals surface area (Å²) >= 11 is 1.51. The molecule has 1 saturated heterocycles. The Hall–Kier alpha value is -1.72. The molecule has 0 saturated carbocycles. The van der Waals surface area contributed by atoms with Crippen LogP contribution in [-0.2, 0) is 4.74 Å². The molecular weight excluding hydrogens is 296 g/mol. The first kappa shape index (κ1) is 15.2. The lowest BCUT2D eigenvalue weighted by molar-refractivity contribution is 0.0421. The highest BCUT2D eigenvalue weighted by molar-refractivity contribution is 7.13. The number of nitrogens with one attached hydrogen (secondary N) is 1. The van der Waals surface area contributed by atoms with E-state index in [9.17, 15) is 4.79 Å². The van der Waals surface area contributed by atoms with Crippen LogP contribution in [-0.4, -0.2) is 29.6 Å². The van der Waals surface area contributed by atoms with Crippen molar-refractivity contribution in [2.75, 3.05) is 13.2 Å². The van der Waals surface area contributed by atoms with Crippen molar-refractivity contribution >= 4 is 17.2 Å². The summed E-state index contributed by atoms with van der Waals surface area (Å²) < 4.78 is 5.36. The van der Waals surface area contributed by atoms with Crippen LogP contribution < -0.4 is 5.32 Å². The van der Waals surface area contributed by atoms with Gasteiger partial charge in [-0.05, 0) is 32.3 Å². The summed E-state index contributed by atoms with van der Waals surface area (Å²) in [5, 5.41) is 5.84. The van der Waals surface area contributed by atoms with Gasteiger partial charge in [-0.25, -0.2) is 4.98 Å². The molecule has 0 unspecified atom stereocenters. The van der Waals surface area contributed by atoms with E-state index in [1.165, 1.54) is 16.9 Å². The Kier molecular flexibility index (Phi) is 4.27. The molecule has 0 bridgehead atoms. The highest BCUT2D eigenvalue weighted by Gasteiger charge is 2.30. The van der Waals surface area contributed by atoms with E-state index in [0.717, 1.165) is 23.4 Å². The zero-order valence-corrected chi connectivity index (χ0v) is 13.7. The second-order valence-corrected chi connectivity index (χ2v) is 6.84. The second-order valence-electron chi connectivity index (χ2n) is 5.98. The van der Waals surface area contributed by atoms with Crippen molar-refractivity contribution in [3.8, 4) is 10.6 Å². The first-order valence-electron chi connectivity index (χ1n) is 7.49. The van der Waals surface area contributed by atoms with E-state index in [2.05, 4.69) is 30.2 Å². The lowest BCUT2D eigenvalue weighted by atomic mass is 9.92. The third-order valence-electron chi connectivity index (χ3n) is 4.12. The van der Waals surface area contributed by atoms with Crippen LogP contribution >= 0.6 is 11.3 Å². The molecule has 2 heterocycles. The van der Waals surface area contributed by atoms with Crippen LogP contribution in [0.4, 0.5) is 0 Å². The summed E-state index contributed by atoms with van der Waals surface area (Å²) in [6, 6.07) is 8.09. The molecule has 0 radical (unpaired) electrons. The molecule has 4 nitrogen and oxygen atoms in total. The van der Waals surface area contributed by atoms with Gasteiger partial charge in [-0.15, -0.1) is 11.3 Å². The fraction of sp³-hybridized carbons (Fsp3) is 0.412. The Morgan fingerprint density at radius 2 is 2.05 bits per heavy atom. The van der Waals surface area contributed by atoms with Gasteiger partial charge in [-0.3, -0.25) is 4.79 Å². The van der Waals surface area contributed by atoms with Crippen molar-refractivity contribution in [3.63, 3.8) is 0 Å². The number of thiazole rings is 1. The average molecular weight is 316 g/mol. The van der Waals surface area contributed by atoms with Gasteiger partial charge < -0.3 is 10.1 Å². The fourth-order valence-electron chi connectivity index (χ4n) is 2.60. The lowest BCUT2D eigenvalue weighted by Crippen LogP contribution is -2.49. The molecule has 0 aliphatic carbocycles. The lowest BCUT2D eigenvalue weighted by Gasteiger charge is -2.34. The average Bonchev–Trinajstić information content (AvgIpc) is 2.98. The molecule has 1 aliphatic heterocycles. The van der Waals surface area contributed by atoms with Gasteiger partial charge in [0.2, 0.25) is 0 Å². The quantitative estimate of drug-likeness (QED) is 0.944. The Labute approximate surface area is 134 Å². The Morgan fingerprint density at radius 1 is 1.32 bits per heavy atom. The summed E-state index contributed by atoms with van der Waals surface area (Å²) in [5.41, 5.74) is 2.56. The van der Waals surface area contributed by atoms with E-state index < -0.39 is 0 Å². The van der Waals surface area contributed by atoms with Crippen molar-refractivity contribution in [2.24, 2.45) is 0 Å². The van der Waals surface area contributed by atoms with Crippen molar-refractivity contribution in [3.05, 3.63) is 40.9 Å². The van der Waals surface area contributed by atoms with Crippen LogP contribution in [0.15, 0.2) is 29.6 Å². The van der Waals surface area contributed by atoms with E-state index in [0.29, 0.717) is 18.9 Å². The smallest absolute Gasteiger partial charge is 0.271 e. The van der Waals surface area contributed by atoms with Crippen LogP contribution in [0.2, 0.25) is 0 Å². The standard InChI is InChI=1S/C17H20N2O2S/c1-12-5-3-4-6-13(12)16-18-14(11-22-16)15(20)19-17(2)7-9-21-10-8-17/h3-6,11H,7-10H2,1-2H3,(H,19,20). The maximum atomic E-state index is 12.4. The number of ether oxygens (including phenoxy) is 1. The molecule has 1 N–H and O–H groups in total. The number of amides is 1. The maximum Gasteiger partial charge on any atom is 0.271 e. The number of rotatable bonds is 3. The molecule has 22 heavy (non-hydrogen) atoms. The topological polar surface area (TPSA) is 51.2 Å². The number of hydrogen-bond acceptors (Lipinski definition) is 4. The van der Waals surface area contributed by atoms with Crippen LogP contribution in [0.1, 0.15) is 35.8 Å². The first-order valence-corrected chi connectivity index (χ1v) is 8.37. The molecule has 3 rings (SSSR count). The minimum absolute atomic E-state index is 0.0968. The molecule has 0 atom stereocenters. The van der Waals surface area contributed by atoms with Gasteiger partial charge >= 0.3 is 0 Å². The minimum Gasteiger partial charge on any atom is -0.381 e. The molecule has 116 valence electrons. The van der Waals surface area contributed by atoms with E-state index >= 15 is 0 Å².